The lowest BCUT2D eigenvalue weighted by Crippen LogP contribution is -2.16. The van der Waals surface area contributed by atoms with Crippen molar-refractivity contribution in [2.75, 3.05) is 0 Å². The van der Waals surface area contributed by atoms with E-state index in [4.69, 9.17) is 4.42 Å². The molecule has 0 spiro atoms. The van der Waals surface area contributed by atoms with Crippen molar-refractivity contribution in [2.24, 2.45) is 0 Å². The quantitative estimate of drug-likeness (QED) is 0.854. The van der Waals surface area contributed by atoms with E-state index >= 15 is 0 Å². The van der Waals surface area contributed by atoms with Crippen LogP contribution >= 0.6 is 22.6 Å². The van der Waals surface area contributed by atoms with Crippen LogP contribution in [0.5, 0.6) is 0 Å². The third kappa shape index (κ3) is 2.44. The second-order valence-electron chi connectivity index (χ2n) is 4.72. The minimum atomic E-state index is 0.686. The van der Waals surface area contributed by atoms with E-state index in [1.807, 2.05) is 0 Å². The zero-order chi connectivity index (χ0) is 12.5. The SMILES string of the molecule is Cc1cccc(-c2ocnc2CNC2CC2)c1I. The van der Waals surface area contributed by atoms with E-state index in [-0.39, 0.29) is 0 Å². The minimum Gasteiger partial charge on any atom is -0.443 e. The molecule has 4 heteroatoms. The highest BCUT2D eigenvalue weighted by Crippen LogP contribution is 2.30. The number of nitrogens with one attached hydrogen (secondary N) is 1. The topological polar surface area (TPSA) is 38.1 Å². The Morgan fingerprint density at radius 2 is 2.28 bits per heavy atom. The van der Waals surface area contributed by atoms with Gasteiger partial charge in [-0.1, -0.05) is 18.2 Å². The van der Waals surface area contributed by atoms with E-state index in [1.165, 1.54) is 28.4 Å². The second-order valence-corrected chi connectivity index (χ2v) is 5.80. The Morgan fingerprint density at radius 3 is 3.06 bits per heavy atom. The Kier molecular flexibility index (Phi) is 3.39. The molecule has 1 N–H and O–H groups in total. The molecule has 0 bridgehead atoms. The smallest absolute Gasteiger partial charge is 0.181 e. The van der Waals surface area contributed by atoms with Gasteiger partial charge in [-0.15, -0.1) is 0 Å². The highest BCUT2D eigenvalue weighted by molar-refractivity contribution is 14.1. The molecule has 3 nitrogen and oxygen atoms in total. The molecule has 0 amide bonds. The zero-order valence-corrected chi connectivity index (χ0v) is 12.4. The van der Waals surface area contributed by atoms with Crippen molar-refractivity contribution < 1.29 is 4.42 Å². The molecule has 0 atom stereocenters. The van der Waals surface area contributed by atoms with Gasteiger partial charge in [0, 0.05) is 21.7 Å². The summed E-state index contributed by atoms with van der Waals surface area (Å²) in [7, 11) is 0. The lowest BCUT2D eigenvalue weighted by atomic mass is 10.1. The Morgan fingerprint density at radius 1 is 1.44 bits per heavy atom. The Hall–Kier alpha value is -0.880. The normalized spacial score (nSPS) is 15.0. The molecule has 2 aromatic rings. The van der Waals surface area contributed by atoms with Crippen LogP contribution in [-0.4, -0.2) is 11.0 Å². The largest absolute Gasteiger partial charge is 0.443 e. The number of aryl methyl sites for hydroxylation is 1. The van der Waals surface area contributed by atoms with Gasteiger partial charge in [0.2, 0.25) is 0 Å². The first-order valence-electron chi connectivity index (χ1n) is 6.17. The van der Waals surface area contributed by atoms with Crippen molar-refractivity contribution in [1.29, 1.82) is 0 Å². The molecule has 0 unspecified atom stereocenters. The van der Waals surface area contributed by atoms with Crippen LogP contribution in [0.15, 0.2) is 29.0 Å². The Bertz CT molecular complexity index is 561. The van der Waals surface area contributed by atoms with Gasteiger partial charge >= 0.3 is 0 Å². The average Bonchev–Trinajstić information content (AvgIpc) is 3.08. The van der Waals surface area contributed by atoms with Crippen molar-refractivity contribution in [3.8, 4) is 11.3 Å². The molecular weight excluding hydrogens is 339 g/mol. The van der Waals surface area contributed by atoms with Crippen molar-refractivity contribution in [1.82, 2.24) is 10.3 Å². The van der Waals surface area contributed by atoms with Gasteiger partial charge in [-0.25, -0.2) is 4.98 Å². The van der Waals surface area contributed by atoms with Gasteiger partial charge in [-0.3, -0.25) is 0 Å². The summed E-state index contributed by atoms with van der Waals surface area (Å²) < 4.78 is 6.82. The number of halogens is 1. The molecule has 1 aromatic heterocycles. The predicted molar refractivity (Wildman–Crippen MR) is 79.3 cm³/mol. The molecule has 0 saturated heterocycles. The fourth-order valence-electron chi connectivity index (χ4n) is 1.97. The lowest BCUT2D eigenvalue weighted by molar-refractivity contribution is 0.569. The zero-order valence-electron chi connectivity index (χ0n) is 10.2. The highest BCUT2D eigenvalue weighted by atomic mass is 127. The van der Waals surface area contributed by atoms with E-state index in [1.54, 1.807) is 0 Å². The summed E-state index contributed by atoms with van der Waals surface area (Å²) >= 11 is 2.37. The summed E-state index contributed by atoms with van der Waals surface area (Å²) in [5.41, 5.74) is 3.41. The summed E-state index contributed by atoms with van der Waals surface area (Å²) in [5, 5.41) is 3.48. The highest BCUT2D eigenvalue weighted by Gasteiger charge is 2.22. The predicted octanol–water partition coefficient (Wildman–Crippen LogP) is 3.51. The van der Waals surface area contributed by atoms with Gasteiger partial charge < -0.3 is 9.73 Å². The van der Waals surface area contributed by atoms with Crippen molar-refractivity contribution in [3.63, 3.8) is 0 Å². The molecule has 0 aliphatic heterocycles. The number of benzene rings is 1. The Labute approximate surface area is 120 Å². The summed E-state index contributed by atoms with van der Waals surface area (Å²) in [6.45, 7) is 2.91. The summed E-state index contributed by atoms with van der Waals surface area (Å²) in [6, 6.07) is 6.96. The maximum absolute atomic E-state index is 5.58. The average molecular weight is 354 g/mol. The molecule has 1 heterocycles. The lowest BCUT2D eigenvalue weighted by Gasteiger charge is -2.06. The maximum atomic E-state index is 5.58. The number of aromatic nitrogens is 1. The van der Waals surface area contributed by atoms with E-state index in [2.05, 4.69) is 58.0 Å². The van der Waals surface area contributed by atoms with Crippen LogP contribution in [0.2, 0.25) is 0 Å². The van der Waals surface area contributed by atoms with Crippen LogP contribution in [-0.2, 0) is 6.54 Å². The molecule has 18 heavy (non-hydrogen) atoms. The second kappa shape index (κ2) is 5.01. The van der Waals surface area contributed by atoms with Crippen LogP contribution in [0, 0.1) is 10.5 Å². The summed E-state index contributed by atoms with van der Waals surface area (Å²) in [5.74, 6) is 0.899. The third-order valence-corrected chi connectivity index (χ3v) is 4.65. The van der Waals surface area contributed by atoms with Crippen LogP contribution in [0.3, 0.4) is 0 Å². The van der Waals surface area contributed by atoms with Crippen LogP contribution in [0.1, 0.15) is 24.1 Å². The van der Waals surface area contributed by atoms with E-state index in [9.17, 15) is 0 Å². The van der Waals surface area contributed by atoms with Gasteiger partial charge in [0.05, 0.1) is 0 Å². The summed E-state index contributed by atoms with van der Waals surface area (Å²) in [6.07, 6.45) is 4.11. The molecule has 1 aliphatic carbocycles. The molecule has 94 valence electrons. The van der Waals surface area contributed by atoms with Crippen LogP contribution < -0.4 is 5.32 Å². The molecular formula is C14H15IN2O. The number of hydrogen-bond acceptors (Lipinski definition) is 3. The standard InChI is InChI=1S/C14H15IN2O/c1-9-3-2-4-11(13(9)15)14-12(17-8-18-14)7-16-10-5-6-10/h2-4,8,10,16H,5-7H2,1H3. The first-order chi connectivity index (χ1) is 8.75. The van der Waals surface area contributed by atoms with Gasteiger partial charge in [0.1, 0.15) is 5.69 Å². The molecule has 3 rings (SSSR count). The van der Waals surface area contributed by atoms with Crippen LogP contribution in [0.25, 0.3) is 11.3 Å². The van der Waals surface area contributed by atoms with Crippen LogP contribution in [0.4, 0.5) is 0 Å². The van der Waals surface area contributed by atoms with Crippen molar-refractivity contribution >= 4 is 22.6 Å². The maximum Gasteiger partial charge on any atom is 0.181 e. The van der Waals surface area contributed by atoms with Crippen molar-refractivity contribution in [3.05, 3.63) is 39.4 Å². The fraction of sp³-hybridized carbons (Fsp3) is 0.357. The number of oxazole rings is 1. The van der Waals surface area contributed by atoms with E-state index in [0.717, 1.165) is 23.6 Å². The molecule has 1 aliphatic rings. The number of hydrogen-bond donors (Lipinski definition) is 1. The third-order valence-electron chi connectivity index (χ3n) is 3.21. The first-order valence-corrected chi connectivity index (χ1v) is 7.25. The monoisotopic (exact) mass is 354 g/mol. The molecule has 0 radical (unpaired) electrons. The van der Waals surface area contributed by atoms with Gasteiger partial charge in [0.15, 0.2) is 12.2 Å². The number of rotatable bonds is 4. The number of nitrogens with zero attached hydrogens (tertiary/aromatic N) is 1. The first kappa shape index (κ1) is 12.2. The molecule has 1 fully saturated rings. The minimum absolute atomic E-state index is 0.686. The molecule has 1 saturated carbocycles. The van der Waals surface area contributed by atoms with Gasteiger partial charge in [-0.05, 0) is 47.9 Å². The van der Waals surface area contributed by atoms with E-state index in [0.29, 0.717) is 6.04 Å². The van der Waals surface area contributed by atoms with Gasteiger partial charge in [0.25, 0.3) is 0 Å². The van der Waals surface area contributed by atoms with Crippen molar-refractivity contribution in [2.45, 2.75) is 32.4 Å². The fourth-order valence-corrected chi connectivity index (χ4v) is 2.57. The molecule has 1 aromatic carbocycles. The van der Waals surface area contributed by atoms with E-state index < -0.39 is 0 Å². The Balaban J connectivity index is 1.90. The summed E-state index contributed by atoms with van der Waals surface area (Å²) in [4.78, 5) is 4.33. The van der Waals surface area contributed by atoms with Gasteiger partial charge in [-0.2, -0.15) is 0 Å².